The maximum Gasteiger partial charge on any atom is 0.256 e. The van der Waals surface area contributed by atoms with Gasteiger partial charge in [0.2, 0.25) is 0 Å². The van der Waals surface area contributed by atoms with Gasteiger partial charge < -0.3 is 10.6 Å². The van der Waals surface area contributed by atoms with E-state index in [-0.39, 0.29) is 5.91 Å². The molecule has 20 heavy (non-hydrogen) atoms. The second-order valence-corrected chi connectivity index (χ2v) is 5.79. The minimum Gasteiger partial charge on any atom is -0.398 e. The van der Waals surface area contributed by atoms with Crippen LogP contribution in [0.25, 0.3) is 0 Å². The van der Waals surface area contributed by atoms with Crippen LogP contribution in [0, 0.1) is 6.92 Å². The summed E-state index contributed by atoms with van der Waals surface area (Å²) in [5, 5.41) is 0. The third-order valence-electron chi connectivity index (χ3n) is 3.13. The Morgan fingerprint density at radius 1 is 1.20 bits per heavy atom. The van der Waals surface area contributed by atoms with Crippen molar-refractivity contribution in [2.45, 2.75) is 13.5 Å². The van der Waals surface area contributed by atoms with Gasteiger partial charge in [0, 0.05) is 23.8 Å². The number of aryl methyl sites for hydroxylation is 1. The molecule has 2 aromatic rings. The highest BCUT2D eigenvalue weighted by molar-refractivity contribution is 9.10. The van der Waals surface area contributed by atoms with Crippen LogP contribution in [0.15, 0.2) is 46.9 Å². The summed E-state index contributed by atoms with van der Waals surface area (Å²) in [4.78, 5) is 14.1. The van der Waals surface area contributed by atoms with Crippen molar-refractivity contribution >= 4 is 27.5 Å². The number of hydrogen-bond donors (Lipinski definition) is 1. The molecule has 0 aliphatic heterocycles. The molecule has 104 valence electrons. The van der Waals surface area contributed by atoms with Gasteiger partial charge in [-0.15, -0.1) is 0 Å². The molecule has 0 unspecified atom stereocenters. The molecule has 0 radical (unpaired) electrons. The first-order valence-electron chi connectivity index (χ1n) is 6.33. The largest absolute Gasteiger partial charge is 0.398 e. The number of rotatable bonds is 3. The Bertz CT molecular complexity index is 623. The quantitative estimate of drug-likeness (QED) is 0.872. The van der Waals surface area contributed by atoms with Gasteiger partial charge in [0.1, 0.15) is 0 Å². The van der Waals surface area contributed by atoms with Gasteiger partial charge in [0.25, 0.3) is 5.91 Å². The Hall–Kier alpha value is -1.81. The van der Waals surface area contributed by atoms with Crippen LogP contribution in [0.4, 0.5) is 5.69 Å². The fourth-order valence-electron chi connectivity index (χ4n) is 1.96. The molecular weight excluding hydrogens is 316 g/mol. The van der Waals surface area contributed by atoms with Crippen molar-refractivity contribution in [2.75, 3.05) is 12.8 Å². The van der Waals surface area contributed by atoms with Crippen molar-refractivity contribution in [1.29, 1.82) is 0 Å². The molecule has 1 amide bonds. The molecular formula is C16H17BrN2O. The average Bonchev–Trinajstić information content (AvgIpc) is 2.43. The molecule has 0 aliphatic rings. The smallest absolute Gasteiger partial charge is 0.256 e. The first-order chi connectivity index (χ1) is 9.47. The molecule has 0 saturated heterocycles. The summed E-state index contributed by atoms with van der Waals surface area (Å²) in [6.07, 6.45) is 0. The third-order valence-corrected chi connectivity index (χ3v) is 3.63. The Morgan fingerprint density at radius 2 is 1.85 bits per heavy atom. The number of carbonyl (C=O) groups excluding carboxylic acids is 1. The number of nitrogens with zero attached hydrogens (tertiary/aromatic N) is 1. The van der Waals surface area contributed by atoms with Gasteiger partial charge in [-0.25, -0.2) is 0 Å². The molecule has 0 bridgehead atoms. The summed E-state index contributed by atoms with van der Waals surface area (Å²) in [5.74, 6) is -0.0793. The Labute approximate surface area is 127 Å². The van der Waals surface area contributed by atoms with Crippen molar-refractivity contribution in [3.05, 3.63) is 63.6 Å². The van der Waals surface area contributed by atoms with Gasteiger partial charge in [0.15, 0.2) is 0 Å². The van der Waals surface area contributed by atoms with E-state index in [0.717, 1.165) is 10.0 Å². The van der Waals surface area contributed by atoms with Crippen LogP contribution in [0.3, 0.4) is 0 Å². The van der Waals surface area contributed by atoms with E-state index in [0.29, 0.717) is 17.8 Å². The van der Waals surface area contributed by atoms with Crippen LogP contribution >= 0.6 is 15.9 Å². The normalized spacial score (nSPS) is 10.3. The lowest BCUT2D eigenvalue weighted by molar-refractivity contribution is 0.0786. The van der Waals surface area contributed by atoms with Crippen molar-refractivity contribution in [2.24, 2.45) is 0 Å². The molecule has 2 aromatic carbocycles. The fourth-order valence-corrected chi connectivity index (χ4v) is 2.32. The molecule has 0 spiro atoms. The molecule has 0 atom stereocenters. The molecule has 0 aromatic heterocycles. The van der Waals surface area contributed by atoms with Crippen LogP contribution in [0.1, 0.15) is 21.5 Å². The SMILES string of the molecule is Cc1ccc(CN(C)C(=O)c2cc(Br)ccc2N)cc1. The van der Waals surface area contributed by atoms with E-state index in [9.17, 15) is 4.79 Å². The number of carbonyl (C=O) groups is 1. The second-order valence-electron chi connectivity index (χ2n) is 4.88. The van der Waals surface area contributed by atoms with E-state index in [1.807, 2.05) is 37.3 Å². The van der Waals surface area contributed by atoms with Gasteiger partial charge in [-0.1, -0.05) is 45.8 Å². The number of hydrogen-bond acceptors (Lipinski definition) is 2. The maximum atomic E-state index is 12.4. The molecule has 2 N–H and O–H groups in total. The van der Waals surface area contributed by atoms with E-state index >= 15 is 0 Å². The van der Waals surface area contributed by atoms with Gasteiger partial charge in [-0.05, 0) is 30.7 Å². The number of nitrogens with two attached hydrogens (primary N) is 1. The monoisotopic (exact) mass is 332 g/mol. The predicted octanol–water partition coefficient (Wildman–Crippen LogP) is 3.61. The van der Waals surface area contributed by atoms with E-state index in [2.05, 4.69) is 15.9 Å². The first-order valence-corrected chi connectivity index (χ1v) is 7.12. The summed E-state index contributed by atoms with van der Waals surface area (Å²) >= 11 is 3.36. The van der Waals surface area contributed by atoms with E-state index < -0.39 is 0 Å². The van der Waals surface area contributed by atoms with Crippen LogP contribution in [-0.2, 0) is 6.54 Å². The maximum absolute atomic E-state index is 12.4. The van der Waals surface area contributed by atoms with Gasteiger partial charge in [0.05, 0.1) is 5.56 Å². The summed E-state index contributed by atoms with van der Waals surface area (Å²) in [6, 6.07) is 13.5. The highest BCUT2D eigenvalue weighted by Gasteiger charge is 2.15. The van der Waals surface area contributed by atoms with Gasteiger partial charge in [-0.3, -0.25) is 4.79 Å². The molecule has 2 rings (SSSR count). The fraction of sp³-hybridized carbons (Fsp3) is 0.188. The zero-order chi connectivity index (χ0) is 14.7. The van der Waals surface area contributed by atoms with Crippen molar-refractivity contribution < 1.29 is 4.79 Å². The minimum atomic E-state index is -0.0793. The Kier molecular flexibility index (Phi) is 4.45. The average molecular weight is 333 g/mol. The summed E-state index contributed by atoms with van der Waals surface area (Å²) in [6.45, 7) is 2.60. The van der Waals surface area contributed by atoms with E-state index in [1.165, 1.54) is 5.56 Å². The predicted molar refractivity (Wildman–Crippen MR) is 85.5 cm³/mol. The molecule has 4 heteroatoms. The minimum absolute atomic E-state index is 0.0793. The van der Waals surface area contributed by atoms with Gasteiger partial charge >= 0.3 is 0 Å². The van der Waals surface area contributed by atoms with E-state index in [1.54, 1.807) is 24.1 Å². The highest BCUT2D eigenvalue weighted by atomic mass is 79.9. The topological polar surface area (TPSA) is 46.3 Å². The zero-order valence-corrected chi connectivity index (χ0v) is 13.1. The lowest BCUT2D eigenvalue weighted by atomic mass is 10.1. The number of anilines is 1. The number of benzene rings is 2. The van der Waals surface area contributed by atoms with Crippen LogP contribution in [0.5, 0.6) is 0 Å². The lowest BCUT2D eigenvalue weighted by Gasteiger charge is -2.18. The zero-order valence-electron chi connectivity index (χ0n) is 11.6. The van der Waals surface area contributed by atoms with Crippen LogP contribution in [0.2, 0.25) is 0 Å². The van der Waals surface area contributed by atoms with Crippen molar-refractivity contribution in [3.8, 4) is 0 Å². The van der Waals surface area contributed by atoms with Crippen molar-refractivity contribution in [1.82, 2.24) is 4.90 Å². The molecule has 0 fully saturated rings. The second kappa shape index (κ2) is 6.09. The summed E-state index contributed by atoms with van der Waals surface area (Å²) in [5.41, 5.74) is 9.19. The highest BCUT2D eigenvalue weighted by Crippen LogP contribution is 2.20. The van der Waals surface area contributed by atoms with Crippen molar-refractivity contribution in [3.63, 3.8) is 0 Å². The molecule has 3 nitrogen and oxygen atoms in total. The summed E-state index contributed by atoms with van der Waals surface area (Å²) in [7, 11) is 1.78. The summed E-state index contributed by atoms with van der Waals surface area (Å²) < 4.78 is 0.846. The number of amides is 1. The molecule has 0 aliphatic carbocycles. The van der Waals surface area contributed by atoms with Crippen LogP contribution in [-0.4, -0.2) is 17.9 Å². The Morgan fingerprint density at radius 3 is 2.50 bits per heavy atom. The third kappa shape index (κ3) is 3.39. The Balaban J connectivity index is 2.16. The van der Waals surface area contributed by atoms with Crippen LogP contribution < -0.4 is 5.73 Å². The number of halogens is 1. The molecule has 0 saturated carbocycles. The number of nitrogen functional groups attached to an aromatic ring is 1. The molecule has 0 heterocycles. The standard InChI is InChI=1S/C16H17BrN2O/c1-11-3-5-12(6-4-11)10-19(2)16(20)14-9-13(17)7-8-15(14)18/h3-9H,10,18H2,1-2H3. The lowest BCUT2D eigenvalue weighted by Crippen LogP contribution is -2.27. The first kappa shape index (κ1) is 14.6. The van der Waals surface area contributed by atoms with Gasteiger partial charge in [-0.2, -0.15) is 0 Å². The van der Waals surface area contributed by atoms with E-state index in [4.69, 9.17) is 5.73 Å².